The van der Waals surface area contributed by atoms with Crippen molar-refractivity contribution in [3.05, 3.63) is 63.2 Å². The van der Waals surface area contributed by atoms with Crippen LogP contribution < -0.4 is 5.73 Å². The fraction of sp³-hybridized carbons (Fsp3) is 0.188. The maximum absolute atomic E-state index is 6.36. The summed E-state index contributed by atoms with van der Waals surface area (Å²) in [5.41, 5.74) is 9.53. The van der Waals surface area contributed by atoms with E-state index < -0.39 is 0 Å². The van der Waals surface area contributed by atoms with Crippen LogP contribution in [0, 0.1) is 0 Å². The molecule has 3 rings (SSSR count). The largest absolute Gasteiger partial charge is 0.324 e. The highest BCUT2D eigenvalue weighted by atomic mass is 79.9. The Bertz CT molecular complexity index is 797. The molecular formula is C16H15BrClN3. The summed E-state index contributed by atoms with van der Waals surface area (Å²) in [6, 6.07) is 13.8. The molecule has 1 heterocycles. The maximum Gasteiger partial charge on any atom is 0.0722 e. The van der Waals surface area contributed by atoms with Gasteiger partial charge in [-0.05, 0) is 23.8 Å². The zero-order valence-electron chi connectivity index (χ0n) is 11.6. The minimum atomic E-state index is -0.130. The lowest BCUT2D eigenvalue weighted by molar-refractivity contribution is 0.680. The Balaban J connectivity index is 1.94. The Hall–Kier alpha value is -1.36. The molecule has 3 nitrogen and oxygen atoms in total. The maximum atomic E-state index is 6.36. The van der Waals surface area contributed by atoms with E-state index in [0.29, 0.717) is 11.4 Å². The van der Waals surface area contributed by atoms with E-state index in [-0.39, 0.29) is 6.04 Å². The molecule has 108 valence electrons. The predicted molar refractivity (Wildman–Crippen MR) is 90.5 cm³/mol. The van der Waals surface area contributed by atoms with E-state index in [2.05, 4.69) is 33.2 Å². The third-order valence-corrected chi connectivity index (χ3v) is 4.53. The summed E-state index contributed by atoms with van der Waals surface area (Å²) in [7, 11) is 1.95. The molecule has 1 aromatic heterocycles. The summed E-state index contributed by atoms with van der Waals surface area (Å²) in [6.45, 7) is 0. The first kappa shape index (κ1) is 14.6. The summed E-state index contributed by atoms with van der Waals surface area (Å²) in [5.74, 6) is 0. The Labute approximate surface area is 136 Å². The fourth-order valence-corrected chi connectivity index (χ4v) is 3.54. The molecule has 2 aromatic carbocycles. The molecule has 3 aromatic rings. The molecule has 2 N–H and O–H groups in total. The van der Waals surface area contributed by atoms with E-state index in [9.17, 15) is 0 Å². The molecule has 0 saturated heterocycles. The van der Waals surface area contributed by atoms with E-state index in [1.807, 2.05) is 42.1 Å². The van der Waals surface area contributed by atoms with Crippen molar-refractivity contribution < 1.29 is 0 Å². The SMILES string of the molecule is Cn1nc(CC(N)c2ccc(Cl)cc2Br)c2ccccc21. The highest BCUT2D eigenvalue weighted by Crippen LogP contribution is 2.29. The number of aromatic nitrogens is 2. The van der Waals surface area contributed by atoms with Crippen molar-refractivity contribution in [3.8, 4) is 0 Å². The summed E-state index contributed by atoms with van der Waals surface area (Å²) < 4.78 is 2.83. The second-order valence-electron chi connectivity index (χ2n) is 5.06. The predicted octanol–water partition coefficient (Wildman–Crippen LogP) is 4.23. The number of nitrogens with two attached hydrogens (primary N) is 1. The van der Waals surface area contributed by atoms with Crippen molar-refractivity contribution in [1.82, 2.24) is 9.78 Å². The molecule has 1 atom stereocenters. The Morgan fingerprint density at radius 1 is 1.29 bits per heavy atom. The Morgan fingerprint density at radius 2 is 2.05 bits per heavy atom. The van der Waals surface area contributed by atoms with Crippen LogP contribution in [-0.4, -0.2) is 9.78 Å². The minimum Gasteiger partial charge on any atom is -0.324 e. The standard InChI is InChI=1S/C16H15BrClN3/c1-21-16-5-3-2-4-12(16)15(20-21)9-14(19)11-7-6-10(18)8-13(11)17/h2-8,14H,9,19H2,1H3. The molecule has 0 saturated carbocycles. The minimum absolute atomic E-state index is 0.130. The number of benzene rings is 2. The van der Waals surface area contributed by atoms with Crippen LogP contribution in [0.3, 0.4) is 0 Å². The van der Waals surface area contributed by atoms with Gasteiger partial charge in [-0.15, -0.1) is 0 Å². The summed E-state index contributed by atoms with van der Waals surface area (Å²) in [5, 5.41) is 6.45. The van der Waals surface area contributed by atoms with Crippen molar-refractivity contribution in [1.29, 1.82) is 0 Å². The number of halogens is 2. The number of aryl methyl sites for hydroxylation is 1. The molecule has 0 amide bonds. The van der Waals surface area contributed by atoms with Gasteiger partial charge in [0.1, 0.15) is 0 Å². The number of fused-ring (bicyclic) bond motifs is 1. The highest BCUT2D eigenvalue weighted by Gasteiger charge is 2.15. The number of hydrogen-bond donors (Lipinski definition) is 1. The Morgan fingerprint density at radius 3 is 2.81 bits per heavy atom. The lowest BCUT2D eigenvalue weighted by Crippen LogP contribution is -2.14. The molecule has 1 unspecified atom stereocenters. The molecule has 0 aliphatic rings. The van der Waals surface area contributed by atoms with Gasteiger partial charge >= 0.3 is 0 Å². The van der Waals surface area contributed by atoms with Gasteiger partial charge in [-0.1, -0.05) is 51.8 Å². The second-order valence-corrected chi connectivity index (χ2v) is 6.35. The van der Waals surface area contributed by atoms with Gasteiger partial charge in [0.15, 0.2) is 0 Å². The molecule has 0 spiro atoms. The third-order valence-electron chi connectivity index (χ3n) is 3.61. The molecule has 5 heteroatoms. The zero-order valence-corrected chi connectivity index (χ0v) is 13.9. The third kappa shape index (κ3) is 2.84. The number of para-hydroxylation sites is 1. The van der Waals surface area contributed by atoms with Crippen LogP contribution in [0.4, 0.5) is 0 Å². The van der Waals surface area contributed by atoms with E-state index in [4.69, 9.17) is 17.3 Å². The topological polar surface area (TPSA) is 43.8 Å². The monoisotopic (exact) mass is 363 g/mol. The van der Waals surface area contributed by atoms with Gasteiger partial charge < -0.3 is 5.73 Å². The van der Waals surface area contributed by atoms with E-state index in [1.165, 1.54) is 0 Å². The van der Waals surface area contributed by atoms with Gasteiger partial charge in [-0.3, -0.25) is 4.68 Å². The van der Waals surface area contributed by atoms with Gasteiger partial charge in [-0.2, -0.15) is 5.10 Å². The number of nitrogens with zero attached hydrogens (tertiary/aromatic N) is 2. The normalized spacial score (nSPS) is 12.8. The van der Waals surface area contributed by atoms with Crippen LogP contribution in [0.1, 0.15) is 17.3 Å². The summed E-state index contributed by atoms with van der Waals surface area (Å²) in [4.78, 5) is 0. The molecule has 0 fully saturated rings. The van der Waals surface area contributed by atoms with Crippen molar-refractivity contribution in [2.75, 3.05) is 0 Å². The molecule has 21 heavy (non-hydrogen) atoms. The van der Waals surface area contributed by atoms with Gasteiger partial charge in [0.25, 0.3) is 0 Å². The lowest BCUT2D eigenvalue weighted by atomic mass is 10.0. The quantitative estimate of drug-likeness (QED) is 0.755. The van der Waals surface area contributed by atoms with Crippen molar-refractivity contribution in [2.24, 2.45) is 12.8 Å². The smallest absolute Gasteiger partial charge is 0.0722 e. The second kappa shape index (κ2) is 5.79. The first-order valence-electron chi connectivity index (χ1n) is 6.67. The zero-order chi connectivity index (χ0) is 15.0. The van der Waals surface area contributed by atoms with Crippen LogP contribution >= 0.6 is 27.5 Å². The fourth-order valence-electron chi connectivity index (χ4n) is 2.56. The van der Waals surface area contributed by atoms with Crippen LogP contribution in [-0.2, 0) is 13.5 Å². The average Bonchev–Trinajstić information content (AvgIpc) is 2.76. The molecule has 0 aliphatic heterocycles. The van der Waals surface area contributed by atoms with Gasteiger partial charge in [0.05, 0.1) is 11.2 Å². The molecule has 0 radical (unpaired) electrons. The molecule has 0 aliphatic carbocycles. The number of hydrogen-bond acceptors (Lipinski definition) is 2. The van der Waals surface area contributed by atoms with Crippen molar-refractivity contribution in [3.63, 3.8) is 0 Å². The highest BCUT2D eigenvalue weighted by molar-refractivity contribution is 9.10. The van der Waals surface area contributed by atoms with Gasteiger partial charge in [0.2, 0.25) is 0 Å². The van der Waals surface area contributed by atoms with Crippen LogP contribution in [0.2, 0.25) is 5.02 Å². The summed E-state index contributed by atoms with van der Waals surface area (Å²) in [6.07, 6.45) is 0.682. The molecular weight excluding hydrogens is 350 g/mol. The van der Waals surface area contributed by atoms with E-state index in [1.54, 1.807) is 0 Å². The average molecular weight is 365 g/mol. The van der Waals surface area contributed by atoms with Crippen LogP contribution in [0.25, 0.3) is 10.9 Å². The number of rotatable bonds is 3. The lowest BCUT2D eigenvalue weighted by Gasteiger charge is -2.13. The van der Waals surface area contributed by atoms with E-state index >= 15 is 0 Å². The van der Waals surface area contributed by atoms with Crippen molar-refractivity contribution in [2.45, 2.75) is 12.5 Å². The molecule has 0 bridgehead atoms. The van der Waals surface area contributed by atoms with Gasteiger partial charge in [0, 0.05) is 34.4 Å². The summed E-state index contributed by atoms with van der Waals surface area (Å²) >= 11 is 9.50. The van der Waals surface area contributed by atoms with Crippen LogP contribution in [0.15, 0.2) is 46.9 Å². The van der Waals surface area contributed by atoms with E-state index in [0.717, 1.165) is 26.6 Å². The van der Waals surface area contributed by atoms with Crippen molar-refractivity contribution >= 4 is 38.4 Å². The Kier molecular flexibility index (Phi) is 4.02. The van der Waals surface area contributed by atoms with Crippen LogP contribution in [0.5, 0.6) is 0 Å². The first-order valence-corrected chi connectivity index (χ1v) is 7.84. The van der Waals surface area contributed by atoms with Gasteiger partial charge in [-0.25, -0.2) is 0 Å². The first-order chi connectivity index (χ1) is 10.1.